The Labute approximate surface area is 94.3 Å². The van der Waals surface area contributed by atoms with Crippen LogP contribution in [0.2, 0.25) is 0 Å². The van der Waals surface area contributed by atoms with Gasteiger partial charge in [-0.15, -0.1) is 0 Å². The predicted molar refractivity (Wildman–Crippen MR) is 63.2 cm³/mol. The molecule has 0 fully saturated rings. The number of amides is 1. The average Bonchev–Trinajstić information content (AvgIpc) is 2.24. The van der Waals surface area contributed by atoms with Gasteiger partial charge in [-0.25, -0.2) is 0 Å². The van der Waals surface area contributed by atoms with Crippen molar-refractivity contribution in [1.29, 1.82) is 0 Å². The molecule has 0 radical (unpaired) electrons. The number of nitrogens with one attached hydrogen (secondary N) is 1. The minimum Gasteiger partial charge on any atom is -0.394 e. The van der Waals surface area contributed by atoms with Gasteiger partial charge in [0.05, 0.1) is 5.69 Å². The van der Waals surface area contributed by atoms with Crippen LogP contribution in [0, 0.1) is 6.92 Å². The van der Waals surface area contributed by atoms with E-state index >= 15 is 0 Å². The van der Waals surface area contributed by atoms with Crippen molar-refractivity contribution in [1.82, 2.24) is 9.88 Å². The SMILES string of the molecule is CCNC(=O)C(C)n1c(C)ccc(N)c1=O. The van der Waals surface area contributed by atoms with Crippen molar-refractivity contribution < 1.29 is 4.79 Å². The van der Waals surface area contributed by atoms with Crippen LogP contribution in [0.15, 0.2) is 16.9 Å². The standard InChI is InChI=1S/C11H17N3O2/c1-4-13-10(15)8(3)14-7(2)5-6-9(12)11(14)16/h5-6,8H,4,12H2,1-3H3,(H,13,15). The smallest absolute Gasteiger partial charge is 0.274 e. The highest BCUT2D eigenvalue weighted by Crippen LogP contribution is 2.08. The number of nitrogens with zero attached hydrogens (tertiary/aromatic N) is 1. The first-order chi connectivity index (χ1) is 7.49. The zero-order valence-electron chi connectivity index (χ0n) is 9.78. The van der Waals surface area contributed by atoms with Crippen LogP contribution < -0.4 is 16.6 Å². The topological polar surface area (TPSA) is 77.1 Å². The molecule has 3 N–H and O–H groups in total. The van der Waals surface area contributed by atoms with Crippen molar-refractivity contribution in [2.45, 2.75) is 26.8 Å². The quantitative estimate of drug-likeness (QED) is 0.780. The monoisotopic (exact) mass is 223 g/mol. The van der Waals surface area contributed by atoms with Gasteiger partial charge in [-0.05, 0) is 32.9 Å². The first-order valence-electron chi connectivity index (χ1n) is 5.24. The van der Waals surface area contributed by atoms with Gasteiger partial charge >= 0.3 is 0 Å². The summed E-state index contributed by atoms with van der Waals surface area (Å²) >= 11 is 0. The van der Waals surface area contributed by atoms with E-state index in [-0.39, 0.29) is 17.2 Å². The van der Waals surface area contributed by atoms with Crippen molar-refractivity contribution in [3.63, 3.8) is 0 Å². The van der Waals surface area contributed by atoms with Crippen LogP contribution in [-0.2, 0) is 4.79 Å². The van der Waals surface area contributed by atoms with E-state index in [2.05, 4.69) is 5.32 Å². The van der Waals surface area contributed by atoms with Crippen LogP contribution in [0.5, 0.6) is 0 Å². The summed E-state index contributed by atoms with van der Waals surface area (Å²) in [6, 6.07) is 2.74. The number of aryl methyl sites for hydroxylation is 1. The molecule has 0 saturated heterocycles. The van der Waals surface area contributed by atoms with Crippen molar-refractivity contribution in [2.24, 2.45) is 0 Å². The molecular formula is C11H17N3O2. The number of hydrogen-bond donors (Lipinski definition) is 2. The number of anilines is 1. The Morgan fingerprint density at radius 3 is 2.75 bits per heavy atom. The van der Waals surface area contributed by atoms with Gasteiger partial charge in [0, 0.05) is 12.2 Å². The summed E-state index contributed by atoms with van der Waals surface area (Å²) in [6.07, 6.45) is 0. The van der Waals surface area contributed by atoms with Gasteiger partial charge in [-0.3, -0.25) is 14.2 Å². The normalized spacial score (nSPS) is 12.2. The number of likely N-dealkylation sites (N-methyl/N-ethyl adjacent to an activating group) is 1. The molecule has 88 valence electrons. The molecule has 16 heavy (non-hydrogen) atoms. The van der Waals surface area contributed by atoms with E-state index < -0.39 is 6.04 Å². The minimum absolute atomic E-state index is 0.154. The van der Waals surface area contributed by atoms with Crippen molar-refractivity contribution >= 4 is 11.6 Å². The van der Waals surface area contributed by atoms with Gasteiger partial charge < -0.3 is 11.1 Å². The summed E-state index contributed by atoms with van der Waals surface area (Å²) in [4.78, 5) is 23.4. The molecule has 0 aromatic carbocycles. The van der Waals surface area contributed by atoms with Crippen molar-refractivity contribution in [3.8, 4) is 0 Å². The van der Waals surface area contributed by atoms with Crippen molar-refractivity contribution in [2.75, 3.05) is 12.3 Å². The molecule has 0 aliphatic rings. The highest BCUT2D eigenvalue weighted by atomic mass is 16.2. The maximum absolute atomic E-state index is 11.8. The summed E-state index contributed by atoms with van der Waals surface area (Å²) in [5.41, 5.74) is 6.09. The fourth-order valence-electron chi connectivity index (χ4n) is 1.58. The highest BCUT2D eigenvalue weighted by molar-refractivity contribution is 5.80. The van der Waals surface area contributed by atoms with Gasteiger partial charge in [0.15, 0.2) is 0 Å². The first kappa shape index (κ1) is 12.3. The van der Waals surface area contributed by atoms with E-state index in [1.165, 1.54) is 4.57 Å². The molecule has 0 bridgehead atoms. The number of carbonyl (C=O) groups is 1. The Bertz CT molecular complexity index is 451. The maximum Gasteiger partial charge on any atom is 0.274 e. The fraction of sp³-hybridized carbons (Fsp3) is 0.455. The van der Waals surface area contributed by atoms with Gasteiger partial charge in [0.25, 0.3) is 5.56 Å². The lowest BCUT2D eigenvalue weighted by Gasteiger charge is -2.17. The number of nitrogens with two attached hydrogens (primary N) is 1. The third kappa shape index (κ3) is 2.24. The largest absolute Gasteiger partial charge is 0.394 e. The molecule has 5 nitrogen and oxygen atoms in total. The molecule has 1 aromatic heterocycles. The Morgan fingerprint density at radius 2 is 2.19 bits per heavy atom. The number of rotatable bonds is 3. The van der Waals surface area contributed by atoms with Gasteiger partial charge in [-0.2, -0.15) is 0 Å². The first-order valence-corrected chi connectivity index (χ1v) is 5.24. The minimum atomic E-state index is -0.545. The lowest BCUT2D eigenvalue weighted by atomic mass is 10.2. The second kappa shape index (κ2) is 4.83. The molecule has 1 heterocycles. The van der Waals surface area contributed by atoms with E-state index in [9.17, 15) is 9.59 Å². The average molecular weight is 223 g/mol. The van der Waals surface area contributed by atoms with Gasteiger partial charge in [0.2, 0.25) is 5.91 Å². The zero-order chi connectivity index (χ0) is 12.3. The van der Waals surface area contributed by atoms with Gasteiger partial charge in [0.1, 0.15) is 6.04 Å². The second-order valence-electron chi connectivity index (χ2n) is 3.68. The summed E-state index contributed by atoms with van der Waals surface area (Å²) in [7, 11) is 0. The molecule has 1 aromatic rings. The molecule has 0 saturated carbocycles. The second-order valence-corrected chi connectivity index (χ2v) is 3.68. The van der Waals surface area contributed by atoms with E-state index in [0.717, 1.165) is 5.69 Å². The zero-order valence-corrected chi connectivity index (χ0v) is 9.78. The number of carbonyl (C=O) groups excluding carboxylic acids is 1. The summed E-state index contributed by atoms with van der Waals surface area (Å²) in [5, 5.41) is 2.68. The molecule has 1 rings (SSSR count). The molecule has 0 aliphatic carbocycles. The number of hydrogen-bond acceptors (Lipinski definition) is 3. The maximum atomic E-state index is 11.8. The predicted octanol–water partition coefficient (Wildman–Crippen LogP) is 0.436. The molecule has 0 aliphatic heterocycles. The van der Waals surface area contributed by atoms with Crippen LogP contribution in [-0.4, -0.2) is 17.0 Å². The summed E-state index contributed by atoms with van der Waals surface area (Å²) < 4.78 is 1.40. The summed E-state index contributed by atoms with van der Waals surface area (Å²) in [6.45, 7) is 5.83. The third-order valence-electron chi connectivity index (χ3n) is 2.47. The third-order valence-corrected chi connectivity index (χ3v) is 2.47. The van der Waals surface area contributed by atoms with Crippen LogP contribution in [0.25, 0.3) is 0 Å². The van der Waals surface area contributed by atoms with Gasteiger partial charge in [-0.1, -0.05) is 0 Å². The molecule has 5 heteroatoms. The Kier molecular flexibility index (Phi) is 3.71. The fourth-order valence-corrected chi connectivity index (χ4v) is 1.58. The molecule has 1 amide bonds. The summed E-state index contributed by atoms with van der Waals surface area (Å²) in [5.74, 6) is -0.182. The lowest BCUT2D eigenvalue weighted by molar-refractivity contribution is -0.123. The molecule has 0 spiro atoms. The number of aromatic nitrogens is 1. The molecule has 1 unspecified atom stereocenters. The highest BCUT2D eigenvalue weighted by Gasteiger charge is 2.17. The molecule has 1 atom stereocenters. The van der Waals surface area contributed by atoms with E-state index in [1.807, 2.05) is 6.92 Å². The molecular weight excluding hydrogens is 206 g/mol. The Hall–Kier alpha value is -1.78. The Balaban J connectivity index is 3.18. The van der Waals surface area contributed by atoms with Crippen LogP contribution in [0.3, 0.4) is 0 Å². The lowest BCUT2D eigenvalue weighted by Crippen LogP contribution is -2.37. The Morgan fingerprint density at radius 1 is 1.56 bits per heavy atom. The number of nitrogen functional groups attached to an aromatic ring is 1. The van der Waals surface area contributed by atoms with Crippen LogP contribution in [0.1, 0.15) is 25.6 Å². The van der Waals surface area contributed by atoms with Crippen molar-refractivity contribution in [3.05, 3.63) is 28.2 Å². The van der Waals surface area contributed by atoms with E-state index in [4.69, 9.17) is 5.73 Å². The number of pyridine rings is 1. The van der Waals surface area contributed by atoms with E-state index in [0.29, 0.717) is 6.54 Å². The van der Waals surface area contributed by atoms with Crippen LogP contribution >= 0.6 is 0 Å². The van der Waals surface area contributed by atoms with Crippen LogP contribution in [0.4, 0.5) is 5.69 Å². The van der Waals surface area contributed by atoms with E-state index in [1.54, 1.807) is 26.0 Å².